The van der Waals surface area contributed by atoms with Gasteiger partial charge in [-0.1, -0.05) is 12.8 Å². The summed E-state index contributed by atoms with van der Waals surface area (Å²) in [5.74, 6) is 0.745. The van der Waals surface area contributed by atoms with E-state index in [0.29, 0.717) is 25.1 Å². The first-order chi connectivity index (χ1) is 10.3. The largest absolute Gasteiger partial charge is 0.383 e. The van der Waals surface area contributed by atoms with E-state index in [1.165, 1.54) is 25.7 Å². The van der Waals surface area contributed by atoms with Crippen LogP contribution in [0.4, 0.5) is 5.69 Å². The van der Waals surface area contributed by atoms with Crippen LogP contribution in [0, 0.1) is 5.92 Å². The molecule has 2 N–H and O–H groups in total. The lowest BCUT2D eigenvalue weighted by atomic mass is 9.85. The number of nitrogens with one attached hydrogen (secondary N) is 2. The van der Waals surface area contributed by atoms with E-state index >= 15 is 0 Å². The van der Waals surface area contributed by atoms with Crippen LogP contribution in [0.25, 0.3) is 0 Å². The van der Waals surface area contributed by atoms with Gasteiger partial charge in [0.05, 0.1) is 31.1 Å². The highest BCUT2D eigenvalue weighted by molar-refractivity contribution is 5.94. The number of amides is 1. The molecule has 2 heterocycles. The first-order valence-electron chi connectivity index (χ1n) is 7.84. The average molecular weight is 329 g/mol. The molecule has 1 aromatic heterocycles. The Bertz CT molecular complexity index is 480. The molecule has 3 atom stereocenters. The second-order valence-electron chi connectivity index (χ2n) is 6.08. The van der Waals surface area contributed by atoms with Crippen LogP contribution in [-0.2, 0) is 16.1 Å². The summed E-state index contributed by atoms with van der Waals surface area (Å²) >= 11 is 0. The quantitative estimate of drug-likeness (QED) is 0.865. The molecule has 2 aliphatic rings. The number of hydrogen-bond donors (Lipinski definition) is 2. The number of fused-ring (bicyclic) bond motifs is 1. The van der Waals surface area contributed by atoms with Gasteiger partial charge in [-0.2, -0.15) is 5.10 Å². The van der Waals surface area contributed by atoms with Gasteiger partial charge in [0.2, 0.25) is 5.91 Å². The van der Waals surface area contributed by atoms with E-state index in [-0.39, 0.29) is 24.4 Å². The molecule has 0 radical (unpaired) electrons. The van der Waals surface area contributed by atoms with Gasteiger partial charge in [0.25, 0.3) is 0 Å². The third kappa shape index (κ3) is 4.00. The molecule has 1 saturated carbocycles. The number of methoxy groups -OCH3 is 1. The summed E-state index contributed by atoms with van der Waals surface area (Å²) in [6.07, 6.45) is 9.57. The molecule has 1 aliphatic heterocycles. The van der Waals surface area contributed by atoms with E-state index in [9.17, 15) is 4.79 Å². The second-order valence-corrected chi connectivity index (χ2v) is 6.08. The Hall–Kier alpha value is -1.11. The molecule has 3 unspecified atom stereocenters. The van der Waals surface area contributed by atoms with Gasteiger partial charge in [-0.3, -0.25) is 9.48 Å². The van der Waals surface area contributed by atoms with Crippen molar-refractivity contribution in [1.82, 2.24) is 15.1 Å². The minimum Gasteiger partial charge on any atom is -0.383 e. The van der Waals surface area contributed by atoms with E-state index in [2.05, 4.69) is 15.7 Å². The highest BCUT2D eigenvalue weighted by Gasteiger charge is 2.38. The van der Waals surface area contributed by atoms with Gasteiger partial charge in [-0.15, -0.1) is 12.4 Å². The lowest BCUT2D eigenvalue weighted by molar-refractivity contribution is -0.117. The van der Waals surface area contributed by atoms with E-state index in [4.69, 9.17) is 4.74 Å². The van der Waals surface area contributed by atoms with E-state index in [0.717, 1.165) is 12.1 Å². The first-order valence-corrected chi connectivity index (χ1v) is 7.84. The summed E-state index contributed by atoms with van der Waals surface area (Å²) in [5, 5.41) is 10.7. The summed E-state index contributed by atoms with van der Waals surface area (Å²) in [6, 6.07) is 0.486. The molecule has 1 saturated heterocycles. The number of carbonyl (C=O) groups excluding carboxylic acids is 1. The molecule has 2 fully saturated rings. The fourth-order valence-electron chi connectivity index (χ4n) is 3.49. The molecular formula is C15H25ClN4O2. The third-order valence-electron chi connectivity index (χ3n) is 4.60. The van der Waals surface area contributed by atoms with Crippen molar-refractivity contribution in [2.45, 2.75) is 50.7 Å². The van der Waals surface area contributed by atoms with Crippen molar-refractivity contribution in [3.63, 3.8) is 0 Å². The van der Waals surface area contributed by atoms with Crippen molar-refractivity contribution in [1.29, 1.82) is 0 Å². The zero-order valence-electron chi connectivity index (χ0n) is 13.0. The van der Waals surface area contributed by atoms with Crippen molar-refractivity contribution >= 4 is 24.0 Å². The predicted octanol–water partition coefficient (Wildman–Crippen LogP) is 1.81. The van der Waals surface area contributed by atoms with Crippen LogP contribution < -0.4 is 10.6 Å². The fraction of sp³-hybridized carbons (Fsp3) is 0.733. The molecule has 0 aromatic carbocycles. The highest BCUT2D eigenvalue weighted by atomic mass is 35.5. The van der Waals surface area contributed by atoms with Crippen LogP contribution >= 0.6 is 12.4 Å². The third-order valence-corrected chi connectivity index (χ3v) is 4.60. The fourth-order valence-corrected chi connectivity index (χ4v) is 3.49. The molecule has 1 amide bonds. The van der Waals surface area contributed by atoms with E-state index in [1.807, 2.05) is 6.20 Å². The number of halogens is 1. The Labute approximate surface area is 137 Å². The maximum atomic E-state index is 12.3. The number of carbonyl (C=O) groups is 1. The van der Waals surface area contributed by atoms with Crippen LogP contribution in [0.3, 0.4) is 0 Å². The van der Waals surface area contributed by atoms with Gasteiger partial charge in [-0.05, 0) is 25.2 Å². The minimum atomic E-state index is -0.0552. The maximum absolute atomic E-state index is 12.3. The molecule has 3 rings (SSSR count). The molecular weight excluding hydrogens is 304 g/mol. The Kier molecular flexibility index (Phi) is 6.23. The monoisotopic (exact) mass is 328 g/mol. The average Bonchev–Trinajstić information content (AvgIpc) is 3.11. The lowest BCUT2D eigenvalue weighted by Gasteiger charge is -2.24. The predicted molar refractivity (Wildman–Crippen MR) is 87.3 cm³/mol. The standard InChI is InChI=1S/C15H24N4O2.ClH/c1-21-7-6-19-10-12(9-16-19)17-15(20)14-8-11-4-2-3-5-13(11)18-14;/h9-11,13-14,18H,2-8H2,1H3,(H,17,20);1H. The minimum absolute atomic E-state index is 0. The van der Waals surface area contributed by atoms with Gasteiger partial charge in [0.15, 0.2) is 0 Å². The number of ether oxygens (including phenoxy) is 1. The van der Waals surface area contributed by atoms with Crippen LogP contribution in [0.1, 0.15) is 32.1 Å². The summed E-state index contributed by atoms with van der Waals surface area (Å²) in [5.41, 5.74) is 0.757. The van der Waals surface area contributed by atoms with Gasteiger partial charge in [-0.25, -0.2) is 0 Å². The maximum Gasteiger partial charge on any atom is 0.241 e. The second kappa shape index (κ2) is 7.94. The normalized spacial score (nSPS) is 27.0. The summed E-state index contributed by atoms with van der Waals surface area (Å²) < 4.78 is 6.79. The Morgan fingerprint density at radius 3 is 3.09 bits per heavy atom. The van der Waals surface area contributed by atoms with E-state index in [1.54, 1.807) is 18.0 Å². The highest BCUT2D eigenvalue weighted by Crippen LogP contribution is 2.33. The van der Waals surface area contributed by atoms with Crippen molar-refractivity contribution in [2.75, 3.05) is 19.0 Å². The van der Waals surface area contributed by atoms with E-state index < -0.39 is 0 Å². The molecule has 6 nitrogen and oxygen atoms in total. The lowest BCUT2D eigenvalue weighted by Crippen LogP contribution is -2.39. The SMILES string of the molecule is COCCn1cc(NC(=O)C2CC3CCCCC3N2)cn1.Cl. The van der Waals surface area contributed by atoms with Crippen LogP contribution in [0.2, 0.25) is 0 Å². The van der Waals surface area contributed by atoms with Crippen LogP contribution in [0.5, 0.6) is 0 Å². The van der Waals surface area contributed by atoms with Crippen LogP contribution in [-0.4, -0.2) is 41.5 Å². The van der Waals surface area contributed by atoms with Gasteiger partial charge < -0.3 is 15.4 Å². The van der Waals surface area contributed by atoms with Crippen LogP contribution in [0.15, 0.2) is 12.4 Å². The summed E-state index contributed by atoms with van der Waals surface area (Å²) in [4.78, 5) is 12.3. The number of rotatable bonds is 5. The Balaban J connectivity index is 0.00000176. The molecule has 1 aliphatic carbocycles. The van der Waals surface area contributed by atoms with Crippen molar-refractivity contribution in [2.24, 2.45) is 5.92 Å². The smallest absolute Gasteiger partial charge is 0.241 e. The number of nitrogens with zero attached hydrogens (tertiary/aromatic N) is 2. The molecule has 0 spiro atoms. The molecule has 7 heteroatoms. The molecule has 22 heavy (non-hydrogen) atoms. The topological polar surface area (TPSA) is 68.2 Å². The zero-order valence-corrected chi connectivity index (χ0v) is 13.8. The number of aromatic nitrogens is 2. The Morgan fingerprint density at radius 2 is 2.32 bits per heavy atom. The first kappa shape index (κ1) is 17.2. The number of hydrogen-bond acceptors (Lipinski definition) is 4. The molecule has 0 bridgehead atoms. The molecule has 1 aromatic rings. The van der Waals surface area contributed by atoms with Crippen molar-refractivity contribution in [3.8, 4) is 0 Å². The zero-order chi connectivity index (χ0) is 14.7. The van der Waals surface area contributed by atoms with Crippen molar-refractivity contribution in [3.05, 3.63) is 12.4 Å². The molecule has 124 valence electrons. The van der Waals surface area contributed by atoms with Gasteiger partial charge >= 0.3 is 0 Å². The van der Waals surface area contributed by atoms with Gasteiger partial charge in [0.1, 0.15) is 0 Å². The summed E-state index contributed by atoms with van der Waals surface area (Å²) in [7, 11) is 1.66. The summed E-state index contributed by atoms with van der Waals surface area (Å²) in [6.45, 7) is 1.31. The van der Waals surface area contributed by atoms with Crippen molar-refractivity contribution < 1.29 is 9.53 Å². The number of anilines is 1. The Morgan fingerprint density at radius 1 is 1.50 bits per heavy atom. The van der Waals surface area contributed by atoms with Gasteiger partial charge in [0, 0.05) is 19.3 Å².